The summed E-state index contributed by atoms with van der Waals surface area (Å²) in [5.74, 6) is -0.476. The lowest BCUT2D eigenvalue weighted by Gasteiger charge is -2.56. The molecule has 6 nitrogen and oxygen atoms in total. The number of hydrogen-bond donors (Lipinski definition) is 0. The number of nitrogens with zero attached hydrogens (tertiary/aromatic N) is 1. The van der Waals surface area contributed by atoms with Crippen LogP contribution in [0.2, 0.25) is 10.1 Å². The molecule has 1 atom stereocenters. The van der Waals surface area contributed by atoms with Gasteiger partial charge in [0.05, 0.1) is 21.0 Å². The van der Waals surface area contributed by atoms with Crippen molar-refractivity contribution < 1.29 is 18.7 Å². The van der Waals surface area contributed by atoms with E-state index in [1.165, 1.54) is 14.9 Å². The van der Waals surface area contributed by atoms with Crippen molar-refractivity contribution in [2.24, 2.45) is 0 Å². The Morgan fingerprint density at radius 2 is 1.49 bits per heavy atom. The van der Waals surface area contributed by atoms with E-state index in [9.17, 15) is 9.59 Å². The zero-order valence-electron chi connectivity index (χ0n) is 26.9. The van der Waals surface area contributed by atoms with Gasteiger partial charge in [-0.05, 0) is 49.6 Å². The number of fused-ring (bicyclic) bond motifs is 3. The van der Waals surface area contributed by atoms with Crippen LogP contribution in [0, 0.1) is 0 Å². The first kappa shape index (κ1) is 32.9. The highest BCUT2D eigenvalue weighted by Crippen LogP contribution is 2.38. The summed E-state index contributed by atoms with van der Waals surface area (Å²) in [5.41, 5.74) is 2.50. The summed E-state index contributed by atoms with van der Waals surface area (Å²) < 4.78 is 20.7. The van der Waals surface area contributed by atoms with Gasteiger partial charge in [-0.3, -0.25) is 9.59 Å². The molecule has 1 aromatic heterocycles. The Hall–Kier alpha value is -3.49. The van der Waals surface area contributed by atoms with Crippen molar-refractivity contribution in [1.29, 1.82) is 0 Å². The Kier molecular flexibility index (Phi) is 9.56. The van der Waals surface area contributed by atoms with E-state index < -0.39 is 19.9 Å². The summed E-state index contributed by atoms with van der Waals surface area (Å²) in [6, 6.07) is 28.4. The van der Waals surface area contributed by atoms with Gasteiger partial charge in [-0.2, -0.15) is 10.4 Å². The molecule has 0 amide bonds. The molecule has 45 heavy (non-hydrogen) atoms. The van der Waals surface area contributed by atoms with E-state index >= 15 is 0 Å². The summed E-state index contributed by atoms with van der Waals surface area (Å²) in [6.45, 7) is 12.6. The quantitative estimate of drug-likeness (QED) is 0.169. The molecule has 0 saturated carbocycles. The van der Waals surface area contributed by atoms with Crippen LogP contribution in [-0.4, -0.2) is 37.2 Å². The lowest BCUT2D eigenvalue weighted by Crippen LogP contribution is -2.67. The molecule has 0 N–H and O–H groups in total. The van der Waals surface area contributed by atoms with Crippen molar-refractivity contribution in [3.8, 4) is 11.1 Å². The van der Waals surface area contributed by atoms with Crippen molar-refractivity contribution in [1.82, 2.24) is 4.57 Å². The molecule has 237 valence electrons. The number of halogens is 1. The van der Waals surface area contributed by atoms with Crippen molar-refractivity contribution in [3.05, 3.63) is 118 Å². The van der Waals surface area contributed by atoms with Gasteiger partial charge in [-0.15, -0.1) is 5.04 Å². The fourth-order valence-corrected chi connectivity index (χ4v) is 11.0. The Balaban J connectivity index is 1.51. The van der Waals surface area contributed by atoms with Crippen LogP contribution < -0.4 is 15.9 Å². The normalized spacial score (nSPS) is 15.4. The first-order chi connectivity index (χ1) is 21.3. The van der Waals surface area contributed by atoms with Gasteiger partial charge in [0, 0.05) is 35.9 Å². The Morgan fingerprint density at radius 3 is 2.07 bits per heavy atom. The molecule has 0 aliphatic carbocycles. The van der Waals surface area contributed by atoms with Gasteiger partial charge in [-0.1, -0.05) is 99.1 Å². The van der Waals surface area contributed by atoms with Gasteiger partial charge in [0.1, 0.15) is 12.1 Å². The summed E-state index contributed by atoms with van der Waals surface area (Å²) >= 11 is 6.49. The lowest BCUT2D eigenvalue weighted by molar-refractivity contribution is -0.155. The van der Waals surface area contributed by atoms with E-state index in [0.717, 1.165) is 22.3 Å². The molecule has 1 unspecified atom stereocenters. The number of benzene rings is 3. The van der Waals surface area contributed by atoms with E-state index in [1.54, 1.807) is 33.0 Å². The first-order valence-corrected chi connectivity index (χ1v) is 17.7. The second-order valence-electron chi connectivity index (χ2n) is 13.7. The standard InChI is InChI=1S/C37H42ClNO5Si/c1-36(2,3)44-35(41)23-39-22-27-24-42-29(19-26-17-18-28(38)20-32(26)33(27)21-34(39)40)25-43-45(37(4,5)6,30-13-9-7-10-14-30)31-15-11-8-12-16-31/h7-18,20-22,29H,19,23-25H2,1-6H3/q-1. The Bertz CT molecular complexity index is 1670. The summed E-state index contributed by atoms with van der Waals surface area (Å²) in [7, 11) is -2.79. The molecule has 0 bridgehead atoms. The minimum absolute atomic E-state index is 0.174. The van der Waals surface area contributed by atoms with Crippen LogP contribution in [0.15, 0.2) is 95.9 Å². The molecular formula is C37H42ClNO5Si-. The molecular weight excluding hydrogens is 602 g/mol. The van der Waals surface area contributed by atoms with Crippen molar-refractivity contribution >= 4 is 36.3 Å². The molecule has 1 aliphatic rings. The van der Waals surface area contributed by atoms with Crippen LogP contribution in [0.4, 0.5) is 0 Å². The third-order valence-corrected chi connectivity index (χ3v) is 13.4. The SMILES string of the molecule is CC(C)(C)OC(=O)Cn1cc2c(cc1=O)-c1cc(Cl)ccc1CC(CO[Si-](c1ccccc1)(c1ccccc1)C(C)(C)C)OC2. The molecule has 0 spiro atoms. The highest BCUT2D eigenvalue weighted by atomic mass is 35.5. The minimum atomic E-state index is -2.79. The largest absolute Gasteiger partial charge is 0.556 e. The molecule has 4 aromatic rings. The molecule has 8 heteroatoms. The number of carbonyl (C=O) groups excluding carboxylic acids is 1. The zero-order chi connectivity index (χ0) is 32.4. The van der Waals surface area contributed by atoms with Gasteiger partial charge >= 0.3 is 5.97 Å². The zero-order valence-corrected chi connectivity index (χ0v) is 28.7. The van der Waals surface area contributed by atoms with Gasteiger partial charge < -0.3 is 18.5 Å². The van der Waals surface area contributed by atoms with Gasteiger partial charge in [0.15, 0.2) is 0 Å². The van der Waals surface area contributed by atoms with Gasteiger partial charge in [0.25, 0.3) is 5.56 Å². The molecule has 1 aliphatic heterocycles. The molecule has 2 heterocycles. The van der Waals surface area contributed by atoms with E-state index in [-0.39, 0.29) is 29.9 Å². The number of rotatable bonds is 7. The van der Waals surface area contributed by atoms with Crippen LogP contribution in [-0.2, 0) is 38.3 Å². The Morgan fingerprint density at radius 1 is 0.889 bits per heavy atom. The van der Waals surface area contributed by atoms with Crippen LogP contribution in [0.1, 0.15) is 52.7 Å². The fraction of sp³-hybridized carbons (Fsp3) is 0.351. The third-order valence-electron chi connectivity index (χ3n) is 8.11. The van der Waals surface area contributed by atoms with Crippen LogP contribution in [0.5, 0.6) is 0 Å². The van der Waals surface area contributed by atoms with Crippen LogP contribution in [0.25, 0.3) is 11.1 Å². The predicted octanol–water partition coefficient (Wildman–Crippen LogP) is 6.53. The highest BCUT2D eigenvalue weighted by Gasteiger charge is 2.38. The maximum Gasteiger partial charge on any atom is 0.326 e. The third kappa shape index (κ3) is 7.33. The van der Waals surface area contributed by atoms with E-state index in [0.29, 0.717) is 18.1 Å². The number of aromatic nitrogens is 1. The number of esters is 1. The topological polar surface area (TPSA) is 66.8 Å². The average Bonchev–Trinajstić information content (AvgIpc) is 2.96. The van der Waals surface area contributed by atoms with Crippen molar-refractivity contribution in [3.63, 3.8) is 0 Å². The van der Waals surface area contributed by atoms with E-state index in [2.05, 4.69) is 69.3 Å². The van der Waals surface area contributed by atoms with Gasteiger partial charge in [-0.25, -0.2) is 0 Å². The Labute approximate surface area is 272 Å². The van der Waals surface area contributed by atoms with E-state index in [1.807, 2.05) is 30.3 Å². The van der Waals surface area contributed by atoms with Crippen molar-refractivity contribution in [2.45, 2.75) is 77.9 Å². The molecule has 0 fully saturated rings. The number of pyridine rings is 1. The minimum Gasteiger partial charge on any atom is -0.556 e. The molecule has 0 radical (unpaired) electrons. The van der Waals surface area contributed by atoms with Crippen molar-refractivity contribution in [2.75, 3.05) is 6.61 Å². The summed E-state index contributed by atoms with van der Waals surface area (Å²) in [5, 5.41) is 2.82. The monoisotopic (exact) mass is 643 g/mol. The first-order valence-electron chi connectivity index (χ1n) is 15.4. The maximum absolute atomic E-state index is 13.2. The van der Waals surface area contributed by atoms with Crippen LogP contribution >= 0.6 is 11.6 Å². The second-order valence-corrected chi connectivity index (χ2v) is 18.4. The number of ether oxygens (including phenoxy) is 2. The number of carbonyl (C=O) groups is 1. The lowest BCUT2D eigenvalue weighted by atomic mass is 9.92. The van der Waals surface area contributed by atoms with Gasteiger partial charge in [0.2, 0.25) is 0 Å². The average molecular weight is 644 g/mol. The highest BCUT2D eigenvalue weighted by molar-refractivity contribution is 6.99. The smallest absolute Gasteiger partial charge is 0.326 e. The maximum atomic E-state index is 13.2. The molecule has 5 rings (SSSR count). The predicted molar refractivity (Wildman–Crippen MR) is 183 cm³/mol. The molecule has 3 aromatic carbocycles. The fourth-order valence-electron chi connectivity index (χ4n) is 6.20. The molecule has 0 saturated heterocycles. The second kappa shape index (κ2) is 13.1. The number of hydrogen-bond acceptors (Lipinski definition) is 5. The summed E-state index contributed by atoms with van der Waals surface area (Å²) in [6.07, 6.45) is 2.02. The summed E-state index contributed by atoms with van der Waals surface area (Å²) in [4.78, 5) is 25.8. The van der Waals surface area contributed by atoms with E-state index in [4.69, 9.17) is 25.5 Å². The van der Waals surface area contributed by atoms with Crippen LogP contribution in [0.3, 0.4) is 0 Å².